The maximum atomic E-state index is 11.9. The minimum atomic E-state index is -0.684. The number of carbonyl (C=O) groups excluding carboxylic acids is 2. The highest BCUT2D eigenvalue weighted by atomic mass is 16.8. The summed E-state index contributed by atoms with van der Waals surface area (Å²) >= 11 is 0. The Hall–Kier alpha value is -1.36. The lowest BCUT2D eigenvalue weighted by Crippen LogP contribution is -2.32. The molecule has 0 amide bonds. The van der Waals surface area contributed by atoms with Crippen molar-refractivity contribution in [2.24, 2.45) is 11.8 Å². The molecule has 5 heteroatoms. The molecule has 2 fully saturated rings. The molecule has 5 unspecified atom stereocenters. The third-order valence-corrected chi connectivity index (χ3v) is 4.28. The Bertz CT molecular complexity index is 454. The fourth-order valence-electron chi connectivity index (χ4n) is 3.14. The lowest BCUT2D eigenvalue weighted by Gasteiger charge is -2.20. The molecule has 4 rings (SSSR count). The van der Waals surface area contributed by atoms with Gasteiger partial charge < -0.3 is 14.2 Å². The van der Waals surface area contributed by atoms with Crippen molar-refractivity contribution in [2.45, 2.75) is 44.2 Å². The van der Waals surface area contributed by atoms with Crippen LogP contribution < -0.4 is 0 Å². The van der Waals surface area contributed by atoms with Crippen LogP contribution in [0.15, 0.2) is 11.6 Å². The highest BCUT2D eigenvalue weighted by Crippen LogP contribution is 2.44. The van der Waals surface area contributed by atoms with Gasteiger partial charge in [-0.25, -0.2) is 4.79 Å². The van der Waals surface area contributed by atoms with E-state index in [1.165, 1.54) is 0 Å². The smallest absolute Gasteiger partial charge is 0.424 e. The number of Topliss-reactive ketones (excluding diaryl/α,β-unsaturated/α-hetero) is 1. The second-order valence-electron chi connectivity index (χ2n) is 5.51. The molecule has 2 aliphatic heterocycles. The summed E-state index contributed by atoms with van der Waals surface area (Å²) in [7, 11) is 0. The Labute approximate surface area is 104 Å². The summed E-state index contributed by atoms with van der Waals surface area (Å²) in [5.74, 6) is 0.593. The van der Waals surface area contributed by atoms with Crippen LogP contribution in [0.5, 0.6) is 0 Å². The summed E-state index contributed by atoms with van der Waals surface area (Å²) in [5.41, 5.74) is 0.897. The molecular formula is C13H14O5. The molecular weight excluding hydrogens is 236 g/mol. The highest BCUT2D eigenvalue weighted by molar-refractivity contribution is 5.98. The number of ketones is 1. The Kier molecular flexibility index (Phi) is 2.09. The molecule has 0 N–H and O–H groups in total. The van der Waals surface area contributed by atoms with Gasteiger partial charge in [0.1, 0.15) is 0 Å². The number of rotatable bonds is 0. The first-order valence-corrected chi connectivity index (χ1v) is 6.47. The molecule has 2 aliphatic carbocycles. The first-order valence-electron chi connectivity index (χ1n) is 6.47. The average molecular weight is 250 g/mol. The SMILES string of the molecule is O=C1OC2OC3CC3CCC3=CC(CC3=O)C2O1. The number of hydrogen-bond acceptors (Lipinski definition) is 5. The normalized spacial score (nSPS) is 45.6. The van der Waals surface area contributed by atoms with E-state index < -0.39 is 18.5 Å². The van der Waals surface area contributed by atoms with Crippen molar-refractivity contribution < 1.29 is 23.8 Å². The third-order valence-electron chi connectivity index (χ3n) is 4.28. The predicted molar refractivity (Wildman–Crippen MR) is 58.6 cm³/mol. The van der Waals surface area contributed by atoms with E-state index in [1.54, 1.807) is 0 Å². The quantitative estimate of drug-likeness (QED) is 0.610. The van der Waals surface area contributed by atoms with Gasteiger partial charge in [0.2, 0.25) is 6.29 Å². The average Bonchev–Trinajstić information content (AvgIpc) is 2.80. The number of carbonyl (C=O) groups is 2. The van der Waals surface area contributed by atoms with Crippen molar-refractivity contribution in [1.29, 1.82) is 0 Å². The Balaban J connectivity index is 1.65. The van der Waals surface area contributed by atoms with Crippen LogP contribution >= 0.6 is 0 Å². The first-order chi connectivity index (χ1) is 8.70. The zero-order valence-electron chi connectivity index (χ0n) is 9.83. The van der Waals surface area contributed by atoms with Gasteiger partial charge in [-0.2, -0.15) is 0 Å². The van der Waals surface area contributed by atoms with E-state index in [4.69, 9.17) is 14.2 Å². The van der Waals surface area contributed by atoms with E-state index in [0.29, 0.717) is 12.3 Å². The van der Waals surface area contributed by atoms with Gasteiger partial charge >= 0.3 is 6.16 Å². The van der Waals surface area contributed by atoms with E-state index in [0.717, 1.165) is 24.8 Å². The molecule has 0 spiro atoms. The highest BCUT2D eigenvalue weighted by Gasteiger charge is 2.50. The fraction of sp³-hybridized carbons (Fsp3) is 0.692. The number of allylic oxidation sites excluding steroid dienone is 1. The predicted octanol–water partition coefficient (Wildman–Crippen LogP) is 1.56. The van der Waals surface area contributed by atoms with Gasteiger partial charge in [-0.1, -0.05) is 6.08 Å². The monoisotopic (exact) mass is 250 g/mol. The second kappa shape index (κ2) is 3.57. The number of ether oxygens (including phenoxy) is 3. The van der Waals surface area contributed by atoms with Crippen LogP contribution in [0.1, 0.15) is 25.7 Å². The Morgan fingerprint density at radius 3 is 3.00 bits per heavy atom. The summed E-state index contributed by atoms with van der Waals surface area (Å²) in [6.07, 6.45) is 3.55. The minimum absolute atomic E-state index is 0.0840. The van der Waals surface area contributed by atoms with Gasteiger partial charge in [-0.05, 0) is 30.8 Å². The maximum absolute atomic E-state index is 11.9. The molecule has 4 aliphatic rings. The van der Waals surface area contributed by atoms with E-state index in [1.807, 2.05) is 6.08 Å². The van der Waals surface area contributed by atoms with Crippen LogP contribution in [0, 0.1) is 11.8 Å². The lowest BCUT2D eigenvalue weighted by atomic mass is 10.0. The van der Waals surface area contributed by atoms with Crippen molar-refractivity contribution in [3.8, 4) is 0 Å². The zero-order valence-corrected chi connectivity index (χ0v) is 9.83. The van der Waals surface area contributed by atoms with Gasteiger partial charge in [0.15, 0.2) is 11.9 Å². The molecule has 0 radical (unpaired) electrons. The summed E-state index contributed by atoms with van der Waals surface area (Å²) in [6, 6.07) is 0. The first kappa shape index (κ1) is 10.6. The van der Waals surface area contributed by atoms with Crippen molar-refractivity contribution >= 4 is 11.9 Å². The van der Waals surface area contributed by atoms with E-state index >= 15 is 0 Å². The standard InChI is InChI=1S/C13H14O5/c14-9-4-8-3-6(9)1-2-7-5-10(7)16-12-11(8)17-13(15)18-12/h3,7-8,10-12H,1-2,4-5H2. The van der Waals surface area contributed by atoms with E-state index in [-0.39, 0.29) is 17.8 Å². The molecule has 2 heterocycles. The molecule has 0 aromatic carbocycles. The van der Waals surface area contributed by atoms with Gasteiger partial charge in [0, 0.05) is 12.3 Å². The number of hydrogen-bond donors (Lipinski definition) is 0. The topological polar surface area (TPSA) is 61.8 Å². The summed E-state index contributed by atoms with van der Waals surface area (Å²) < 4.78 is 16.0. The maximum Gasteiger partial charge on any atom is 0.511 e. The summed E-state index contributed by atoms with van der Waals surface area (Å²) in [4.78, 5) is 23.1. The van der Waals surface area contributed by atoms with Crippen molar-refractivity contribution in [2.75, 3.05) is 0 Å². The molecule has 5 nitrogen and oxygen atoms in total. The van der Waals surface area contributed by atoms with E-state index in [9.17, 15) is 9.59 Å². The molecule has 1 saturated carbocycles. The molecule has 96 valence electrons. The molecule has 1 saturated heterocycles. The summed E-state index contributed by atoms with van der Waals surface area (Å²) in [6.45, 7) is 0. The summed E-state index contributed by atoms with van der Waals surface area (Å²) in [5, 5.41) is 0. The van der Waals surface area contributed by atoms with Crippen LogP contribution in [0.3, 0.4) is 0 Å². The largest absolute Gasteiger partial charge is 0.511 e. The number of fused-ring (bicyclic) bond motifs is 4. The molecule has 18 heavy (non-hydrogen) atoms. The van der Waals surface area contributed by atoms with E-state index in [2.05, 4.69) is 0 Å². The Morgan fingerprint density at radius 2 is 2.11 bits per heavy atom. The lowest BCUT2D eigenvalue weighted by molar-refractivity contribution is -0.124. The van der Waals surface area contributed by atoms with Gasteiger partial charge in [0.25, 0.3) is 0 Å². The second-order valence-corrected chi connectivity index (χ2v) is 5.51. The van der Waals surface area contributed by atoms with Crippen LogP contribution in [-0.2, 0) is 19.0 Å². The third kappa shape index (κ3) is 1.57. The van der Waals surface area contributed by atoms with Crippen molar-refractivity contribution in [3.63, 3.8) is 0 Å². The van der Waals surface area contributed by atoms with Crippen LogP contribution in [0.25, 0.3) is 0 Å². The van der Waals surface area contributed by atoms with Crippen molar-refractivity contribution in [1.82, 2.24) is 0 Å². The van der Waals surface area contributed by atoms with Crippen molar-refractivity contribution in [3.05, 3.63) is 11.6 Å². The molecule has 2 bridgehead atoms. The zero-order chi connectivity index (χ0) is 12.3. The van der Waals surface area contributed by atoms with Crippen LogP contribution in [0.4, 0.5) is 4.79 Å². The van der Waals surface area contributed by atoms with Crippen LogP contribution in [0.2, 0.25) is 0 Å². The molecule has 0 aromatic heterocycles. The van der Waals surface area contributed by atoms with Crippen LogP contribution in [-0.4, -0.2) is 30.4 Å². The Morgan fingerprint density at radius 1 is 1.22 bits per heavy atom. The van der Waals surface area contributed by atoms with Gasteiger partial charge in [-0.3, -0.25) is 4.79 Å². The van der Waals surface area contributed by atoms with Gasteiger partial charge in [-0.15, -0.1) is 0 Å². The van der Waals surface area contributed by atoms with Gasteiger partial charge in [0.05, 0.1) is 6.10 Å². The molecule has 0 aromatic rings. The fourth-order valence-corrected chi connectivity index (χ4v) is 3.14. The minimum Gasteiger partial charge on any atom is -0.424 e. The molecule has 5 atom stereocenters.